The maximum absolute atomic E-state index is 13.7. The van der Waals surface area contributed by atoms with Crippen molar-refractivity contribution in [2.45, 2.75) is 43.3 Å². The Labute approximate surface area is 170 Å². The largest absolute Gasteiger partial charge is 0.343 e. The molecule has 0 aliphatic carbocycles. The fourth-order valence-corrected chi connectivity index (χ4v) is 6.62. The third kappa shape index (κ3) is 6.19. The third-order valence-electron chi connectivity index (χ3n) is 4.69. The average molecular weight is 453 g/mol. The lowest BCUT2D eigenvalue weighted by atomic mass is 10.1. The van der Waals surface area contributed by atoms with Crippen molar-refractivity contribution in [2.24, 2.45) is 5.92 Å². The summed E-state index contributed by atoms with van der Waals surface area (Å²) >= 11 is 0. The molecule has 1 aromatic carbocycles. The van der Waals surface area contributed by atoms with Crippen LogP contribution in [-0.2, 0) is 24.7 Å². The highest BCUT2D eigenvalue weighted by Gasteiger charge is 2.32. The number of hydrogen-bond acceptors (Lipinski definition) is 5. The summed E-state index contributed by atoms with van der Waals surface area (Å²) in [7, 11) is -7.65. The van der Waals surface area contributed by atoms with Crippen molar-refractivity contribution in [3.8, 4) is 0 Å². The summed E-state index contributed by atoms with van der Waals surface area (Å²) in [6.45, 7) is 3.90. The van der Waals surface area contributed by atoms with E-state index in [1.54, 1.807) is 0 Å². The van der Waals surface area contributed by atoms with E-state index in [-0.39, 0.29) is 43.6 Å². The van der Waals surface area contributed by atoms with E-state index in [9.17, 15) is 30.4 Å². The van der Waals surface area contributed by atoms with Gasteiger partial charge in [0, 0.05) is 26.1 Å². The Morgan fingerprint density at radius 3 is 2.21 bits per heavy atom. The monoisotopic (exact) mass is 452 g/mol. The number of nitrogens with zero attached hydrogens (tertiary/aromatic N) is 1. The van der Waals surface area contributed by atoms with Gasteiger partial charge in [0.2, 0.25) is 15.9 Å². The van der Waals surface area contributed by atoms with E-state index in [2.05, 4.69) is 0 Å². The summed E-state index contributed by atoms with van der Waals surface area (Å²) < 4.78 is 78.1. The van der Waals surface area contributed by atoms with Crippen molar-refractivity contribution in [1.29, 1.82) is 0 Å². The number of carbonyl (C=O) groups excluding carboxylic acids is 1. The molecule has 1 saturated heterocycles. The Hall–Kier alpha value is -1.59. The van der Waals surface area contributed by atoms with Crippen LogP contribution in [0.25, 0.3) is 0 Å². The molecular weight excluding hydrogens is 426 g/mol. The number of sulfonamides is 1. The van der Waals surface area contributed by atoms with Crippen molar-refractivity contribution < 1.29 is 30.4 Å². The number of carbonyl (C=O) groups is 1. The molecule has 2 rings (SSSR count). The van der Waals surface area contributed by atoms with Crippen molar-refractivity contribution in [1.82, 2.24) is 9.62 Å². The quantitative estimate of drug-likeness (QED) is 0.647. The number of hydrogen-bond donors (Lipinski definition) is 1. The Morgan fingerprint density at radius 1 is 1.14 bits per heavy atom. The highest BCUT2D eigenvalue weighted by molar-refractivity contribution is 7.92. The number of halogens is 2. The maximum atomic E-state index is 13.7. The summed E-state index contributed by atoms with van der Waals surface area (Å²) in [4.78, 5) is 12.7. The van der Waals surface area contributed by atoms with Crippen LogP contribution in [0.15, 0.2) is 23.1 Å². The van der Waals surface area contributed by atoms with Crippen molar-refractivity contribution in [2.75, 3.05) is 25.4 Å². The number of nitrogens with one attached hydrogen (secondary N) is 1. The molecule has 0 spiro atoms. The van der Waals surface area contributed by atoms with Crippen LogP contribution in [-0.4, -0.2) is 58.3 Å². The molecule has 1 amide bonds. The molecule has 0 unspecified atom stereocenters. The van der Waals surface area contributed by atoms with Gasteiger partial charge in [0.15, 0.2) is 14.7 Å². The molecular formula is C18H26F2N2O5S2. The minimum Gasteiger partial charge on any atom is -0.343 e. The first-order chi connectivity index (χ1) is 13.4. The standard InChI is InChI=1S/C18H26F2N2O5S2/c1-13(2)12-28(24,25)14-7-10-22(11-8-14)17(23)6-9-21-29(26,27)18-15(19)4-3-5-16(18)20/h3-5,13-14,21H,6-12H2,1-2H3. The molecule has 1 aliphatic rings. The molecule has 0 bridgehead atoms. The molecule has 29 heavy (non-hydrogen) atoms. The molecule has 1 aliphatic heterocycles. The van der Waals surface area contributed by atoms with Crippen LogP contribution < -0.4 is 4.72 Å². The molecule has 0 aromatic heterocycles. The van der Waals surface area contributed by atoms with Crippen LogP contribution >= 0.6 is 0 Å². The zero-order valence-corrected chi connectivity index (χ0v) is 18.0. The van der Waals surface area contributed by atoms with E-state index >= 15 is 0 Å². The van der Waals surface area contributed by atoms with E-state index in [4.69, 9.17) is 0 Å². The molecule has 11 heteroatoms. The van der Waals surface area contributed by atoms with Crippen LogP contribution in [0.1, 0.15) is 33.1 Å². The molecule has 7 nitrogen and oxygen atoms in total. The number of likely N-dealkylation sites (tertiary alicyclic amines) is 1. The van der Waals surface area contributed by atoms with Gasteiger partial charge in [-0.1, -0.05) is 19.9 Å². The van der Waals surface area contributed by atoms with Crippen LogP contribution in [0, 0.1) is 17.6 Å². The SMILES string of the molecule is CC(C)CS(=O)(=O)C1CCN(C(=O)CCNS(=O)(=O)c2c(F)cccc2F)CC1. The van der Waals surface area contributed by atoms with Gasteiger partial charge in [-0.05, 0) is 30.9 Å². The predicted octanol–water partition coefficient (Wildman–Crippen LogP) is 1.70. The van der Waals surface area contributed by atoms with Gasteiger partial charge in [0.25, 0.3) is 0 Å². The Balaban J connectivity index is 1.87. The van der Waals surface area contributed by atoms with Crippen LogP contribution in [0.4, 0.5) is 8.78 Å². The lowest BCUT2D eigenvalue weighted by Gasteiger charge is -2.32. The summed E-state index contributed by atoms with van der Waals surface area (Å²) in [5.41, 5.74) is 0. The normalized spacial score (nSPS) is 16.4. The lowest BCUT2D eigenvalue weighted by Crippen LogP contribution is -2.44. The van der Waals surface area contributed by atoms with Gasteiger partial charge in [-0.25, -0.2) is 30.3 Å². The number of benzene rings is 1. The lowest BCUT2D eigenvalue weighted by molar-refractivity contribution is -0.131. The Kier molecular flexibility index (Phi) is 7.74. The minimum atomic E-state index is -4.44. The number of amides is 1. The number of piperidine rings is 1. The number of rotatable bonds is 8. The Bertz CT molecular complexity index is 921. The van der Waals surface area contributed by atoms with Gasteiger partial charge in [-0.2, -0.15) is 0 Å². The maximum Gasteiger partial charge on any atom is 0.246 e. The highest BCUT2D eigenvalue weighted by atomic mass is 32.2. The average Bonchev–Trinajstić information content (AvgIpc) is 2.60. The summed E-state index contributed by atoms with van der Waals surface area (Å²) in [5.74, 6) is -2.63. The topological polar surface area (TPSA) is 101 Å². The van der Waals surface area contributed by atoms with Gasteiger partial charge in [-0.3, -0.25) is 4.79 Å². The van der Waals surface area contributed by atoms with E-state index in [0.717, 1.165) is 18.2 Å². The summed E-state index contributed by atoms with van der Waals surface area (Å²) in [6.07, 6.45) is 0.485. The van der Waals surface area contributed by atoms with Crippen molar-refractivity contribution in [3.63, 3.8) is 0 Å². The second-order valence-electron chi connectivity index (χ2n) is 7.50. The predicted molar refractivity (Wildman–Crippen MR) is 104 cm³/mol. The fraction of sp³-hybridized carbons (Fsp3) is 0.611. The summed E-state index contributed by atoms with van der Waals surface area (Å²) in [6, 6.07) is 2.72. The van der Waals surface area contributed by atoms with Gasteiger partial charge in [-0.15, -0.1) is 0 Å². The van der Waals surface area contributed by atoms with E-state index in [1.165, 1.54) is 4.90 Å². The molecule has 164 valence electrons. The first-order valence-electron chi connectivity index (χ1n) is 9.37. The van der Waals surface area contributed by atoms with Crippen LogP contribution in [0.3, 0.4) is 0 Å². The van der Waals surface area contributed by atoms with Crippen molar-refractivity contribution >= 4 is 25.8 Å². The van der Waals surface area contributed by atoms with Gasteiger partial charge in [0.05, 0.1) is 11.0 Å². The molecule has 0 saturated carbocycles. The molecule has 1 aromatic rings. The smallest absolute Gasteiger partial charge is 0.246 e. The molecule has 0 radical (unpaired) electrons. The van der Waals surface area contributed by atoms with Crippen LogP contribution in [0.2, 0.25) is 0 Å². The van der Waals surface area contributed by atoms with E-state index < -0.39 is 41.6 Å². The third-order valence-corrected chi connectivity index (χ3v) is 8.82. The van der Waals surface area contributed by atoms with Crippen LogP contribution in [0.5, 0.6) is 0 Å². The second-order valence-corrected chi connectivity index (χ2v) is 11.5. The zero-order chi connectivity index (χ0) is 21.8. The van der Waals surface area contributed by atoms with Crippen molar-refractivity contribution in [3.05, 3.63) is 29.8 Å². The highest BCUT2D eigenvalue weighted by Crippen LogP contribution is 2.21. The summed E-state index contributed by atoms with van der Waals surface area (Å²) in [5, 5.41) is -0.475. The fourth-order valence-electron chi connectivity index (χ4n) is 3.33. The Morgan fingerprint density at radius 2 is 1.69 bits per heavy atom. The van der Waals surface area contributed by atoms with E-state index in [0.29, 0.717) is 12.8 Å². The minimum absolute atomic E-state index is 0.0342. The molecule has 1 N–H and O–H groups in total. The molecule has 1 heterocycles. The van der Waals surface area contributed by atoms with Gasteiger partial charge >= 0.3 is 0 Å². The van der Waals surface area contributed by atoms with Gasteiger partial charge in [0.1, 0.15) is 11.6 Å². The molecule has 1 fully saturated rings. The zero-order valence-electron chi connectivity index (χ0n) is 16.4. The van der Waals surface area contributed by atoms with E-state index in [1.807, 2.05) is 18.6 Å². The second kappa shape index (κ2) is 9.48. The first kappa shape index (κ1) is 23.7. The number of sulfone groups is 1. The molecule has 0 atom stereocenters. The first-order valence-corrected chi connectivity index (χ1v) is 12.6. The van der Waals surface area contributed by atoms with Gasteiger partial charge < -0.3 is 4.90 Å².